The summed E-state index contributed by atoms with van der Waals surface area (Å²) in [5.74, 6) is -1.80. The normalized spacial score (nSPS) is 12.8. The molecular formula is C16H24N2O3. The molecule has 0 saturated carbocycles. The molecule has 5 heteroatoms. The van der Waals surface area contributed by atoms with Gasteiger partial charge in [0.1, 0.15) is 0 Å². The van der Waals surface area contributed by atoms with E-state index in [9.17, 15) is 14.7 Å². The zero-order valence-electron chi connectivity index (χ0n) is 13.1. The van der Waals surface area contributed by atoms with Crippen molar-refractivity contribution in [3.8, 4) is 0 Å². The zero-order valence-corrected chi connectivity index (χ0v) is 13.1. The lowest BCUT2D eigenvalue weighted by atomic mass is 9.84. The van der Waals surface area contributed by atoms with Gasteiger partial charge in [-0.15, -0.1) is 0 Å². The highest BCUT2D eigenvalue weighted by Gasteiger charge is 2.25. The van der Waals surface area contributed by atoms with Crippen LogP contribution in [0.5, 0.6) is 0 Å². The summed E-state index contributed by atoms with van der Waals surface area (Å²) >= 11 is 0. The van der Waals surface area contributed by atoms with Crippen molar-refractivity contribution in [3.63, 3.8) is 0 Å². The van der Waals surface area contributed by atoms with Gasteiger partial charge in [0.05, 0.1) is 5.92 Å². The first-order chi connectivity index (χ1) is 9.60. The predicted octanol–water partition coefficient (Wildman–Crippen LogP) is 2.44. The Kier molecular flexibility index (Phi) is 5.35. The number of carboxylic acids is 1. The number of nitrogen functional groups attached to an aromatic ring is 1. The van der Waals surface area contributed by atoms with Crippen LogP contribution in [0.1, 0.15) is 43.1 Å². The minimum atomic E-state index is -0.895. The van der Waals surface area contributed by atoms with Crippen LogP contribution in [0, 0.1) is 18.3 Å². The number of benzene rings is 1. The number of nitrogens with one attached hydrogen (secondary N) is 1. The Morgan fingerprint density at radius 3 is 2.43 bits per heavy atom. The van der Waals surface area contributed by atoms with E-state index in [1.165, 1.54) is 0 Å². The second-order valence-electron chi connectivity index (χ2n) is 6.58. The average Bonchev–Trinajstić information content (AvgIpc) is 2.35. The van der Waals surface area contributed by atoms with Crippen molar-refractivity contribution >= 4 is 17.6 Å². The van der Waals surface area contributed by atoms with E-state index in [2.05, 4.69) is 5.32 Å². The van der Waals surface area contributed by atoms with Crippen LogP contribution in [-0.2, 0) is 4.79 Å². The van der Waals surface area contributed by atoms with Gasteiger partial charge in [0.25, 0.3) is 5.91 Å². The molecule has 0 heterocycles. The Morgan fingerprint density at radius 2 is 1.95 bits per heavy atom. The van der Waals surface area contributed by atoms with Crippen molar-refractivity contribution in [1.29, 1.82) is 0 Å². The lowest BCUT2D eigenvalue weighted by Gasteiger charge is -2.23. The third kappa shape index (κ3) is 5.45. The molecule has 1 amide bonds. The topological polar surface area (TPSA) is 92.4 Å². The fraction of sp³-hybridized carbons (Fsp3) is 0.500. The smallest absolute Gasteiger partial charge is 0.308 e. The molecule has 0 fully saturated rings. The molecule has 116 valence electrons. The molecule has 0 aliphatic rings. The van der Waals surface area contributed by atoms with Gasteiger partial charge in [-0.1, -0.05) is 26.8 Å². The van der Waals surface area contributed by atoms with Crippen LogP contribution < -0.4 is 11.1 Å². The second kappa shape index (κ2) is 6.61. The number of nitrogens with two attached hydrogens (primary N) is 1. The number of hydrogen-bond acceptors (Lipinski definition) is 3. The summed E-state index contributed by atoms with van der Waals surface area (Å²) in [6.07, 6.45) is 0.499. The molecule has 5 nitrogen and oxygen atoms in total. The molecule has 0 bridgehead atoms. The maximum atomic E-state index is 12.0. The van der Waals surface area contributed by atoms with Crippen LogP contribution in [-0.4, -0.2) is 23.5 Å². The maximum Gasteiger partial charge on any atom is 0.308 e. The summed E-state index contributed by atoms with van der Waals surface area (Å²) in [7, 11) is 0. The highest BCUT2D eigenvalue weighted by Crippen LogP contribution is 2.24. The van der Waals surface area contributed by atoms with E-state index in [-0.39, 0.29) is 17.9 Å². The number of carbonyl (C=O) groups excluding carboxylic acids is 1. The number of amides is 1. The SMILES string of the molecule is Cc1ccc(C(=O)NCC(CC(C)(C)C)C(=O)O)cc1N. The van der Waals surface area contributed by atoms with Crippen LogP contribution in [0.25, 0.3) is 0 Å². The Hall–Kier alpha value is -2.04. The highest BCUT2D eigenvalue weighted by atomic mass is 16.4. The first-order valence-electron chi connectivity index (χ1n) is 6.97. The second-order valence-corrected chi connectivity index (χ2v) is 6.58. The molecule has 4 N–H and O–H groups in total. The van der Waals surface area contributed by atoms with Gasteiger partial charge in [-0.05, 0) is 36.5 Å². The first-order valence-corrected chi connectivity index (χ1v) is 6.97. The molecule has 1 atom stereocenters. The van der Waals surface area contributed by atoms with Crippen molar-refractivity contribution in [2.45, 2.75) is 34.1 Å². The van der Waals surface area contributed by atoms with Gasteiger partial charge in [-0.2, -0.15) is 0 Å². The van der Waals surface area contributed by atoms with Gasteiger partial charge >= 0.3 is 5.97 Å². The van der Waals surface area contributed by atoms with Crippen molar-refractivity contribution < 1.29 is 14.7 Å². The van der Waals surface area contributed by atoms with Gasteiger partial charge in [-0.25, -0.2) is 0 Å². The predicted molar refractivity (Wildman–Crippen MR) is 83.1 cm³/mol. The minimum Gasteiger partial charge on any atom is -0.481 e. The largest absolute Gasteiger partial charge is 0.481 e. The van der Waals surface area contributed by atoms with Crippen LogP contribution in [0.4, 0.5) is 5.69 Å². The van der Waals surface area contributed by atoms with Crippen molar-refractivity contribution in [2.75, 3.05) is 12.3 Å². The standard InChI is InChI=1S/C16H24N2O3/c1-10-5-6-11(7-13(10)17)14(19)18-9-12(15(20)21)8-16(2,3)4/h5-7,12H,8-9,17H2,1-4H3,(H,18,19)(H,20,21). The highest BCUT2D eigenvalue weighted by molar-refractivity contribution is 5.95. The number of carbonyl (C=O) groups is 2. The van der Waals surface area contributed by atoms with Crippen LogP contribution in [0.3, 0.4) is 0 Å². The number of anilines is 1. The van der Waals surface area contributed by atoms with Gasteiger partial charge < -0.3 is 16.2 Å². The van der Waals surface area contributed by atoms with E-state index in [0.717, 1.165) is 5.56 Å². The summed E-state index contributed by atoms with van der Waals surface area (Å²) in [5, 5.41) is 11.9. The maximum absolute atomic E-state index is 12.0. The third-order valence-corrected chi connectivity index (χ3v) is 3.26. The van der Waals surface area contributed by atoms with E-state index in [4.69, 9.17) is 5.73 Å². The molecule has 0 radical (unpaired) electrons. The summed E-state index contributed by atoms with van der Waals surface area (Å²) in [6.45, 7) is 7.91. The molecular weight excluding hydrogens is 268 g/mol. The molecule has 0 aromatic heterocycles. The molecule has 1 aromatic rings. The minimum absolute atomic E-state index is 0.109. The average molecular weight is 292 g/mol. The summed E-state index contributed by atoms with van der Waals surface area (Å²) < 4.78 is 0. The van der Waals surface area contributed by atoms with Crippen LogP contribution in [0.2, 0.25) is 0 Å². The number of aliphatic carboxylic acids is 1. The Morgan fingerprint density at radius 1 is 1.33 bits per heavy atom. The molecule has 0 aliphatic heterocycles. The van der Waals surface area contributed by atoms with Crippen LogP contribution >= 0.6 is 0 Å². The molecule has 0 spiro atoms. The number of aryl methyl sites for hydroxylation is 1. The molecule has 1 rings (SSSR count). The zero-order chi connectivity index (χ0) is 16.2. The molecule has 0 saturated heterocycles. The molecule has 0 aliphatic carbocycles. The van der Waals surface area contributed by atoms with E-state index in [1.54, 1.807) is 18.2 Å². The van der Waals surface area contributed by atoms with Gasteiger partial charge in [-0.3, -0.25) is 9.59 Å². The van der Waals surface area contributed by atoms with E-state index >= 15 is 0 Å². The Balaban J connectivity index is 2.69. The number of hydrogen-bond donors (Lipinski definition) is 3. The quantitative estimate of drug-likeness (QED) is 0.727. The van der Waals surface area contributed by atoms with Crippen molar-refractivity contribution in [2.24, 2.45) is 11.3 Å². The van der Waals surface area contributed by atoms with Crippen LogP contribution in [0.15, 0.2) is 18.2 Å². The van der Waals surface area contributed by atoms with Crippen molar-refractivity contribution in [1.82, 2.24) is 5.32 Å². The van der Waals surface area contributed by atoms with Gasteiger partial charge in [0, 0.05) is 17.8 Å². The van der Waals surface area contributed by atoms with Gasteiger partial charge in [0.2, 0.25) is 0 Å². The fourth-order valence-corrected chi connectivity index (χ4v) is 2.09. The molecule has 21 heavy (non-hydrogen) atoms. The Bertz CT molecular complexity index is 533. The van der Waals surface area contributed by atoms with Crippen molar-refractivity contribution in [3.05, 3.63) is 29.3 Å². The third-order valence-electron chi connectivity index (χ3n) is 3.26. The monoisotopic (exact) mass is 292 g/mol. The van der Waals surface area contributed by atoms with Gasteiger partial charge in [0.15, 0.2) is 0 Å². The molecule has 1 aromatic carbocycles. The van der Waals surface area contributed by atoms with E-state index in [0.29, 0.717) is 17.7 Å². The fourth-order valence-electron chi connectivity index (χ4n) is 2.09. The summed E-state index contributed by atoms with van der Waals surface area (Å²) in [4.78, 5) is 23.3. The number of carboxylic acid groups (broad SMARTS) is 1. The Labute approximate surface area is 125 Å². The van der Waals surface area contributed by atoms with E-state index in [1.807, 2.05) is 27.7 Å². The lowest BCUT2D eigenvalue weighted by Crippen LogP contribution is -2.35. The lowest BCUT2D eigenvalue weighted by molar-refractivity contribution is -0.142. The summed E-state index contributed by atoms with van der Waals surface area (Å²) in [6, 6.07) is 5.05. The summed E-state index contributed by atoms with van der Waals surface area (Å²) in [5.41, 5.74) is 7.56. The number of rotatable bonds is 5. The molecule has 1 unspecified atom stereocenters. The first kappa shape index (κ1) is 17.0. The van der Waals surface area contributed by atoms with E-state index < -0.39 is 11.9 Å².